The Morgan fingerprint density at radius 3 is 2.54 bits per heavy atom. The van der Waals surface area contributed by atoms with E-state index in [0.29, 0.717) is 33.4 Å². The third-order valence-electron chi connectivity index (χ3n) is 4.23. The monoisotopic (exact) mass is 394 g/mol. The zero-order chi connectivity index (χ0) is 19.7. The second kappa shape index (κ2) is 7.32. The van der Waals surface area contributed by atoms with Crippen LogP contribution in [0.1, 0.15) is 5.56 Å². The number of pyridine rings is 1. The fourth-order valence-corrected chi connectivity index (χ4v) is 3.04. The maximum Gasteiger partial charge on any atom is 0.324 e. The van der Waals surface area contributed by atoms with E-state index in [-0.39, 0.29) is 0 Å². The summed E-state index contributed by atoms with van der Waals surface area (Å²) in [6.45, 7) is 1.93. The largest absolute Gasteiger partial charge is 0.324 e. The van der Waals surface area contributed by atoms with Gasteiger partial charge in [0, 0.05) is 22.5 Å². The third-order valence-corrected chi connectivity index (χ3v) is 4.48. The molecule has 2 aromatic carbocycles. The number of aryl methyl sites for hydroxylation is 1. The van der Waals surface area contributed by atoms with Crippen LogP contribution in [0, 0.1) is 12.7 Å². The zero-order valence-corrected chi connectivity index (χ0v) is 15.7. The van der Waals surface area contributed by atoms with Gasteiger partial charge in [0.25, 0.3) is 0 Å². The van der Waals surface area contributed by atoms with Gasteiger partial charge in [-0.3, -0.25) is 9.72 Å². The normalized spacial score (nSPS) is 10.8. The molecule has 2 amide bonds. The number of anilines is 2. The first kappa shape index (κ1) is 18.0. The first-order chi connectivity index (χ1) is 13.5. The van der Waals surface area contributed by atoms with Crippen molar-refractivity contribution in [2.45, 2.75) is 6.92 Å². The van der Waals surface area contributed by atoms with Crippen molar-refractivity contribution in [2.24, 2.45) is 0 Å². The van der Waals surface area contributed by atoms with Gasteiger partial charge in [-0.05, 0) is 55.0 Å². The molecule has 4 rings (SSSR count). The first-order valence-corrected chi connectivity index (χ1v) is 8.96. The van der Waals surface area contributed by atoms with Crippen molar-refractivity contribution in [3.05, 3.63) is 83.3 Å². The van der Waals surface area contributed by atoms with Gasteiger partial charge in [-0.2, -0.15) is 0 Å². The fourth-order valence-electron chi connectivity index (χ4n) is 2.91. The van der Waals surface area contributed by atoms with Gasteiger partial charge >= 0.3 is 6.03 Å². The summed E-state index contributed by atoms with van der Waals surface area (Å²) in [4.78, 5) is 17.1. The number of urea groups is 1. The van der Waals surface area contributed by atoms with E-state index >= 15 is 0 Å². The summed E-state index contributed by atoms with van der Waals surface area (Å²) in [5.41, 5.74) is 2.83. The Labute approximate surface area is 165 Å². The number of fused-ring (bicyclic) bond motifs is 1. The lowest BCUT2D eigenvalue weighted by Gasteiger charge is -2.10. The molecule has 0 aliphatic heterocycles. The third kappa shape index (κ3) is 3.54. The summed E-state index contributed by atoms with van der Waals surface area (Å²) >= 11 is 5.87. The average Bonchev–Trinajstić information content (AvgIpc) is 3.01. The van der Waals surface area contributed by atoms with Crippen LogP contribution in [0.25, 0.3) is 16.9 Å². The molecule has 7 heteroatoms. The van der Waals surface area contributed by atoms with E-state index in [1.54, 1.807) is 46.9 Å². The Morgan fingerprint density at radius 1 is 1.04 bits per heavy atom. The number of aromatic nitrogens is 2. The number of nitrogens with one attached hydrogen (secondary N) is 2. The Hall–Kier alpha value is -3.38. The number of rotatable bonds is 3. The van der Waals surface area contributed by atoms with Gasteiger partial charge in [0.1, 0.15) is 23.0 Å². The van der Waals surface area contributed by atoms with Crippen molar-refractivity contribution in [3.63, 3.8) is 0 Å². The summed E-state index contributed by atoms with van der Waals surface area (Å²) in [7, 11) is 0. The maximum atomic E-state index is 14.4. The van der Waals surface area contributed by atoms with Crippen molar-refractivity contribution < 1.29 is 9.18 Å². The summed E-state index contributed by atoms with van der Waals surface area (Å²) in [6, 6.07) is 16.3. The number of halogens is 2. The van der Waals surface area contributed by atoms with Crippen LogP contribution in [0.3, 0.4) is 0 Å². The lowest BCUT2D eigenvalue weighted by Crippen LogP contribution is -2.20. The summed E-state index contributed by atoms with van der Waals surface area (Å²) < 4.78 is 16.1. The molecule has 0 saturated heterocycles. The van der Waals surface area contributed by atoms with Crippen LogP contribution in [0.5, 0.6) is 0 Å². The predicted octanol–water partition coefficient (Wildman–Crippen LogP) is 5.75. The molecule has 140 valence electrons. The second-order valence-corrected chi connectivity index (χ2v) is 6.75. The van der Waals surface area contributed by atoms with E-state index in [1.807, 2.05) is 25.3 Å². The molecule has 28 heavy (non-hydrogen) atoms. The quantitative estimate of drug-likeness (QED) is 0.465. The number of hydrogen-bond donors (Lipinski definition) is 2. The lowest BCUT2D eigenvalue weighted by molar-refractivity contribution is 0.262. The van der Waals surface area contributed by atoms with Crippen LogP contribution in [-0.2, 0) is 0 Å². The molecule has 0 fully saturated rings. The highest BCUT2D eigenvalue weighted by Gasteiger charge is 2.19. The van der Waals surface area contributed by atoms with E-state index in [0.717, 1.165) is 5.56 Å². The van der Waals surface area contributed by atoms with E-state index in [4.69, 9.17) is 11.6 Å². The SMILES string of the molecule is Cc1ccc2nc(-c3ccccc3F)c(NC(=O)Nc3ccc(Cl)cc3)n2c1. The molecule has 2 aromatic heterocycles. The molecule has 0 unspecified atom stereocenters. The van der Waals surface area contributed by atoms with Crippen molar-refractivity contribution in [3.8, 4) is 11.3 Å². The Bertz CT molecular complexity index is 1170. The minimum absolute atomic E-state index is 0.311. The van der Waals surface area contributed by atoms with E-state index in [1.165, 1.54) is 6.07 Å². The van der Waals surface area contributed by atoms with Crippen LogP contribution in [0.2, 0.25) is 5.02 Å². The van der Waals surface area contributed by atoms with Gasteiger partial charge < -0.3 is 5.32 Å². The summed E-state index contributed by atoms with van der Waals surface area (Å²) in [5, 5.41) is 6.11. The minimum Gasteiger partial charge on any atom is -0.308 e. The number of imidazole rings is 1. The van der Waals surface area contributed by atoms with Crippen molar-refractivity contribution in [1.82, 2.24) is 9.38 Å². The highest BCUT2D eigenvalue weighted by Crippen LogP contribution is 2.31. The Kier molecular flexibility index (Phi) is 4.71. The Morgan fingerprint density at radius 2 is 1.79 bits per heavy atom. The Balaban J connectivity index is 1.75. The second-order valence-electron chi connectivity index (χ2n) is 6.31. The fraction of sp³-hybridized carbons (Fsp3) is 0.0476. The highest BCUT2D eigenvalue weighted by molar-refractivity contribution is 6.30. The molecule has 5 nitrogen and oxygen atoms in total. The average molecular weight is 395 g/mol. The van der Waals surface area contributed by atoms with Crippen LogP contribution in [-0.4, -0.2) is 15.4 Å². The molecule has 2 N–H and O–H groups in total. The number of benzene rings is 2. The molecule has 2 heterocycles. The zero-order valence-electron chi connectivity index (χ0n) is 14.9. The summed E-state index contributed by atoms with van der Waals surface area (Å²) in [6.07, 6.45) is 1.84. The number of amides is 2. The van der Waals surface area contributed by atoms with Crippen LogP contribution >= 0.6 is 11.6 Å². The highest BCUT2D eigenvalue weighted by atomic mass is 35.5. The topological polar surface area (TPSA) is 58.4 Å². The number of carbonyl (C=O) groups excluding carboxylic acids is 1. The van der Waals surface area contributed by atoms with Gasteiger partial charge in [0.2, 0.25) is 0 Å². The maximum absolute atomic E-state index is 14.4. The minimum atomic E-state index is -0.469. The van der Waals surface area contributed by atoms with Crippen LogP contribution in [0.4, 0.5) is 20.7 Å². The molecule has 0 aliphatic rings. The molecule has 0 radical (unpaired) electrons. The number of nitrogens with zero attached hydrogens (tertiary/aromatic N) is 2. The molecule has 0 bridgehead atoms. The molecule has 4 aromatic rings. The number of hydrogen-bond acceptors (Lipinski definition) is 2. The smallest absolute Gasteiger partial charge is 0.308 e. The van der Waals surface area contributed by atoms with E-state index in [9.17, 15) is 9.18 Å². The number of carbonyl (C=O) groups is 1. The predicted molar refractivity (Wildman–Crippen MR) is 109 cm³/mol. The summed E-state index contributed by atoms with van der Waals surface area (Å²) in [5.74, 6) is -0.0287. The molecular weight excluding hydrogens is 379 g/mol. The molecule has 0 atom stereocenters. The van der Waals surface area contributed by atoms with Crippen LogP contribution in [0.15, 0.2) is 66.9 Å². The van der Waals surface area contributed by atoms with Gasteiger partial charge in [0.05, 0.1) is 0 Å². The molecule has 0 spiro atoms. The molecule has 0 aliphatic carbocycles. The standard InChI is InChI=1S/C21H16ClFN4O/c1-13-6-11-18-25-19(16-4-2-3-5-17(16)23)20(27(18)12-13)26-21(28)24-15-9-7-14(22)8-10-15/h2-12H,1H3,(H2,24,26,28). The van der Waals surface area contributed by atoms with E-state index in [2.05, 4.69) is 15.6 Å². The van der Waals surface area contributed by atoms with Crippen molar-refractivity contribution in [1.29, 1.82) is 0 Å². The van der Waals surface area contributed by atoms with Gasteiger partial charge in [-0.1, -0.05) is 29.8 Å². The molecule has 0 saturated carbocycles. The van der Waals surface area contributed by atoms with Crippen molar-refractivity contribution in [2.75, 3.05) is 10.6 Å². The first-order valence-electron chi connectivity index (χ1n) is 8.58. The lowest BCUT2D eigenvalue weighted by atomic mass is 10.1. The van der Waals surface area contributed by atoms with Gasteiger partial charge in [-0.15, -0.1) is 0 Å². The van der Waals surface area contributed by atoms with Gasteiger partial charge in [0.15, 0.2) is 0 Å². The van der Waals surface area contributed by atoms with E-state index < -0.39 is 11.8 Å². The molecular formula is C21H16ClFN4O. The van der Waals surface area contributed by atoms with Crippen molar-refractivity contribution >= 4 is 34.8 Å². The van der Waals surface area contributed by atoms with Gasteiger partial charge in [-0.25, -0.2) is 14.2 Å². The van der Waals surface area contributed by atoms with Crippen LogP contribution < -0.4 is 10.6 Å².